The summed E-state index contributed by atoms with van der Waals surface area (Å²) >= 11 is 2.85. The average molecular weight is 448 g/mol. The maximum atomic E-state index is 12.2. The third kappa shape index (κ3) is 4.17. The molecule has 1 fully saturated rings. The SMILES string of the molecule is CCC=C=N[NH+]1NN=C(SCC2=C(C(=O)[O-])N3C(=O)[C@@H](OC)[C@@H]3SC2)N1C.[Cl-]. The van der Waals surface area contributed by atoms with E-state index in [9.17, 15) is 14.7 Å². The number of nitrogens with zero attached hydrogens (tertiary/aromatic N) is 4. The summed E-state index contributed by atoms with van der Waals surface area (Å²) in [6.45, 7) is 1.99. The van der Waals surface area contributed by atoms with Crippen molar-refractivity contribution in [1.82, 2.24) is 15.4 Å². The number of methoxy groups -OCH3 is 1. The zero-order valence-electron chi connectivity index (χ0n) is 15.5. The number of ether oxygens (including phenoxy) is 1. The molecular formula is C15H20ClN6O4S2-. The monoisotopic (exact) mass is 447 g/mol. The van der Waals surface area contributed by atoms with Gasteiger partial charge in [-0.25, -0.2) is 0 Å². The molecule has 154 valence electrons. The van der Waals surface area contributed by atoms with Gasteiger partial charge in [0.25, 0.3) is 5.91 Å². The number of β-lactam (4-membered cyclic amide) rings is 1. The predicted octanol–water partition coefficient (Wildman–Crippen LogP) is -5.27. The molecule has 1 saturated heterocycles. The third-order valence-electron chi connectivity index (χ3n) is 4.14. The Morgan fingerprint density at radius 3 is 3.04 bits per heavy atom. The molecule has 0 aromatic carbocycles. The summed E-state index contributed by atoms with van der Waals surface area (Å²) in [6.07, 6.45) is 2.04. The number of carbonyl (C=O) groups excluding carboxylic acids is 2. The molecule has 3 aliphatic heterocycles. The van der Waals surface area contributed by atoms with Crippen LogP contribution in [0.25, 0.3) is 0 Å². The van der Waals surface area contributed by atoms with Gasteiger partial charge >= 0.3 is 0 Å². The van der Waals surface area contributed by atoms with Crippen molar-refractivity contribution < 1.29 is 37.1 Å². The number of carbonyl (C=O) groups is 2. The molecule has 10 nitrogen and oxygen atoms in total. The molecule has 2 N–H and O–H groups in total. The first-order chi connectivity index (χ1) is 13.0. The van der Waals surface area contributed by atoms with E-state index in [0.717, 1.165) is 6.42 Å². The van der Waals surface area contributed by atoms with Crippen LogP contribution in [0.1, 0.15) is 13.3 Å². The van der Waals surface area contributed by atoms with Crippen LogP contribution in [0.2, 0.25) is 0 Å². The van der Waals surface area contributed by atoms with Crippen molar-refractivity contribution >= 4 is 46.4 Å². The van der Waals surface area contributed by atoms with Crippen LogP contribution >= 0.6 is 23.5 Å². The topological polar surface area (TPSA) is 114 Å². The summed E-state index contributed by atoms with van der Waals surface area (Å²) in [5, 5.41) is 22.6. The lowest BCUT2D eigenvalue weighted by molar-refractivity contribution is -1.04. The van der Waals surface area contributed by atoms with Gasteiger partial charge in [0.1, 0.15) is 5.37 Å². The molecule has 28 heavy (non-hydrogen) atoms. The Hall–Kier alpha value is -1.69. The van der Waals surface area contributed by atoms with Gasteiger partial charge in [0.15, 0.2) is 6.10 Å². The van der Waals surface area contributed by atoms with Crippen LogP contribution in [-0.2, 0) is 14.3 Å². The number of rotatable bonds is 6. The minimum Gasteiger partial charge on any atom is -1.00 e. The van der Waals surface area contributed by atoms with Gasteiger partial charge < -0.3 is 27.0 Å². The number of hydrazone groups is 1. The van der Waals surface area contributed by atoms with E-state index in [1.54, 1.807) is 18.1 Å². The molecule has 0 aromatic rings. The average Bonchev–Trinajstić information content (AvgIpc) is 2.99. The second-order valence-electron chi connectivity index (χ2n) is 5.84. The minimum absolute atomic E-state index is 0. The van der Waals surface area contributed by atoms with E-state index >= 15 is 0 Å². The zero-order valence-corrected chi connectivity index (χ0v) is 17.9. The number of aliphatic carboxylic acids is 1. The third-order valence-corrected chi connectivity index (χ3v) is 6.57. The molecule has 0 aromatic heterocycles. The number of allylic oxidation sites excluding steroid dienone is 1. The van der Waals surface area contributed by atoms with Crippen LogP contribution in [0.3, 0.4) is 0 Å². The number of nitrogens with one attached hydrogen (secondary N) is 2. The lowest BCUT2D eigenvalue weighted by Crippen LogP contribution is -3.17. The van der Waals surface area contributed by atoms with Gasteiger partial charge in [-0.15, -0.1) is 16.8 Å². The van der Waals surface area contributed by atoms with E-state index in [-0.39, 0.29) is 29.4 Å². The first-order valence-corrected chi connectivity index (χ1v) is 10.3. The second kappa shape index (κ2) is 9.68. The van der Waals surface area contributed by atoms with Gasteiger partial charge in [-0.3, -0.25) is 9.69 Å². The summed E-state index contributed by atoms with van der Waals surface area (Å²) in [4.78, 5) is 25.1. The van der Waals surface area contributed by atoms with Crippen LogP contribution < -0.4 is 28.3 Å². The Labute approximate surface area is 177 Å². The number of thioether (sulfide) groups is 2. The summed E-state index contributed by atoms with van der Waals surface area (Å²) in [5.41, 5.74) is 3.39. The molecule has 3 rings (SSSR count). The molecular weight excluding hydrogens is 428 g/mol. The number of fused-ring (bicyclic) bond motifs is 1. The number of hydrogen-bond acceptors (Lipinski definition) is 10. The summed E-state index contributed by atoms with van der Waals surface area (Å²) < 4.78 is 5.13. The normalized spacial score (nSPS) is 25.8. The number of amides is 1. The Morgan fingerprint density at radius 1 is 1.64 bits per heavy atom. The van der Waals surface area contributed by atoms with E-state index in [4.69, 9.17) is 4.74 Å². The van der Waals surface area contributed by atoms with Crippen molar-refractivity contribution in [2.24, 2.45) is 10.2 Å². The molecule has 3 aliphatic rings. The van der Waals surface area contributed by atoms with Crippen LogP contribution in [0.4, 0.5) is 0 Å². The fourth-order valence-corrected chi connectivity index (χ4v) is 5.18. The molecule has 3 heterocycles. The smallest absolute Gasteiger partial charge is 0.260 e. The van der Waals surface area contributed by atoms with Crippen molar-refractivity contribution in [3.63, 3.8) is 0 Å². The number of carboxylic acid groups (broad SMARTS) is 1. The Kier molecular flexibility index (Phi) is 7.81. The molecule has 0 spiro atoms. The standard InChI is InChI=1S/C15H20N6O4S2.ClH/c1-4-5-6-16-21-18-17-15(19(21)2)27-8-9-7-26-13-11(25-3)12(22)20(13)10(9)14(23)24;/h5,11,13,18H,4,7-8H2,1-3H3,(H,23,24);1H/p-1/t11-,13+;/m1./s1. The number of hydrogen-bond donors (Lipinski definition) is 2. The fourth-order valence-electron chi connectivity index (χ4n) is 2.75. The molecule has 0 radical (unpaired) electrons. The molecule has 0 bridgehead atoms. The molecule has 0 saturated carbocycles. The number of halogens is 1. The van der Waals surface area contributed by atoms with Crippen LogP contribution in [0.5, 0.6) is 0 Å². The Morgan fingerprint density at radius 2 is 2.39 bits per heavy atom. The molecule has 0 aliphatic carbocycles. The van der Waals surface area contributed by atoms with Gasteiger partial charge in [0, 0.05) is 34.8 Å². The minimum atomic E-state index is -1.35. The van der Waals surface area contributed by atoms with Crippen LogP contribution in [-0.4, -0.2) is 70.0 Å². The van der Waals surface area contributed by atoms with Crippen molar-refractivity contribution in [2.75, 3.05) is 25.7 Å². The highest BCUT2D eigenvalue weighted by atomic mass is 35.5. The van der Waals surface area contributed by atoms with E-state index in [1.807, 2.05) is 6.92 Å². The summed E-state index contributed by atoms with van der Waals surface area (Å²) in [5.74, 6) is 1.98. The van der Waals surface area contributed by atoms with Crippen molar-refractivity contribution in [1.29, 1.82) is 0 Å². The predicted molar refractivity (Wildman–Crippen MR) is 100.0 cm³/mol. The number of quaternary nitrogens is 1. The van der Waals surface area contributed by atoms with Gasteiger partial charge in [-0.2, -0.15) is 0 Å². The van der Waals surface area contributed by atoms with Gasteiger partial charge in [-0.05, 0) is 18.1 Å². The number of amidine groups is 1. The molecule has 1 amide bonds. The Balaban J connectivity index is 0.00000280. The van der Waals surface area contributed by atoms with Crippen molar-refractivity contribution in [2.45, 2.75) is 24.8 Å². The lowest BCUT2D eigenvalue weighted by Gasteiger charge is -2.50. The highest BCUT2D eigenvalue weighted by molar-refractivity contribution is 8.14. The van der Waals surface area contributed by atoms with Crippen LogP contribution in [0, 0.1) is 0 Å². The second-order valence-corrected chi connectivity index (χ2v) is 7.88. The lowest BCUT2D eigenvalue weighted by atomic mass is 10.1. The van der Waals surface area contributed by atoms with Crippen molar-refractivity contribution in [3.8, 4) is 0 Å². The first kappa shape index (κ1) is 22.6. The largest absolute Gasteiger partial charge is 1.00 e. The van der Waals surface area contributed by atoms with E-state index < -0.39 is 12.1 Å². The fraction of sp³-hybridized carbons (Fsp3) is 0.533. The quantitative estimate of drug-likeness (QED) is 0.306. The van der Waals surface area contributed by atoms with Crippen molar-refractivity contribution in [3.05, 3.63) is 17.3 Å². The van der Waals surface area contributed by atoms with E-state index in [2.05, 4.69) is 21.6 Å². The molecule has 1 unspecified atom stereocenters. The Bertz CT molecular complexity index is 770. The maximum absolute atomic E-state index is 12.2. The first-order valence-electron chi connectivity index (χ1n) is 8.25. The molecule has 3 atom stereocenters. The summed E-state index contributed by atoms with van der Waals surface area (Å²) in [7, 11) is 3.25. The highest BCUT2D eigenvalue weighted by Gasteiger charge is 2.52. The van der Waals surface area contributed by atoms with Gasteiger partial charge in [0.2, 0.25) is 5.17 Å². The summed E-state index contributed by atoms with van der Waals surface area (Å²) in [6, 6.07) is 0. The highest BCUT2D eigenvalue weighted by Crippen LogP contribution is 2.41. The van der Waals surface area contributed by atoms with Crippen LogP contribution in [0.15, 0.2) is 27.5 Å². The molecule has 13 heteroatoms. The maximum Gasteiger partial charge on any atom is 0.260 e. The zero-order chi connectivity index (χ0) is 19.6. The van der Waals surface area contributed by atoms with E-state index in [0.29, 0.717) is 27.5 Å². The van der Waals surface area contributed by atoms with Gasteiger partial charge in [0.05, 0.1) is 18.7 Å². The number of carboxylic acids is 1. The van der Waals surface area contributed by atoms with Gasteiger partial charge in [-0.1, -0.05) is 29.3 Å². The van der Waals surface area contributed by atoms with E-state index in [1.165, 1.54) is 35.5 Å².